The highest BCUT2D eigenvalue weighted by Gasteiger charge is 2.43. The molecule has 0 bridgehead atoms. The topological polar surface area (TPSA) is 40.5 Å². The maximum absolute atomic E-state index is 10.2. The standard InChI is InChI=1S/C19H28O2/c1-13-5-8-16(20)10-14(13)6-7-15-11-17(21)12-19(2)9-3-4-18(15)19/h6-7,11,16-18,20-21H,3-5,8-10,12H2,1-2H3/b7-6+/t16-,17-,18+,19+/m1/s1. The second-order valence-corrected chi connectivity index (χ2v) is 7.57. The molecule has 0 unspecified atom stereocenters. The van der Waals surface area contributed by atoms with E-state index in [4.69, 9.17) is 0 Å². The van der Waals surface area contributed by atoms with Crippen molar-refractivity contribution in [3.8, 4) is 0 Å². The van der Waals surface area contributed by atoms with E-state index in [1.54, 1.807) is 0 Å². The van der Waals surface area contributed by atoms with Crippen LogP contribution in [-0.4, -0.2) is 22.4 Å². The van der Waals surface area contributed by atoms with Gasteiger partial charge in [0.15, 0.2) is 0 Å². The molecule has 1 saturated carbocycles. The van der Waals surface area contributed by atoms with E-state index in [1.165, 1.54) is 36.0 Å². The minimum Gasteiger partial charge on any atom is -0.393 e. The van der Waals surface area contributed by atoms with Crippen LogP contribution in [0.15, 0.2) is 34.9 Å². The zero-order chi connectivity index (χ0) is 15.0. The summed E-state index contributed by atoms with van der Waals surface area (Å²) in [7, 11) is 0. The summed E-state index contributed by atoms with van der Waals surface area (Å²) < 4.78 is 0. The molecule has 2 N–H and O–H groups in total. The highest BCUT2D eigenvalue weighted by atomic mass is 16.3. The Kier molecular flexibility index (Phi) is 4.11. The summed E-state index contributed by atoms with van der Waals surface area (Å²) in [6.07, 6.45) is 13.3. The van der Waals surface area contributed by atoms with Crippen molar-refractivity contribution in [3.63, 3.8) is 0 Å². The highest BCUT2D eigenvalue weighted by molar-refractivity contribution is 5.36. The highest BCUT2D eigenvalue weighted by Crippen LogP contribution is 2.52. The fourth-order valence-electron chi connectivity index (χ4n) is 4.57. The van der Waals surface area contributed by atoms with E-state index in [0.29, 0.717) is 5.92 Å². The summed E-state index contributed by atoms with van der Waals surface area (Å²) in [4.78, 5) is 0. The van der Waals surface area contributed by atoms with Gasteiger partial charge >= 0.3 is 0 Å². The Morgan fingerprint density at radius 3 is 2.86 bits per heavy atom. The van der Waals surface area contributed by atoms with E-state index in [1.807, 2.05) is 0 Å². The number of hydrogen-bond acceptors (Lipinski definition) is 2. The predicted molar refractivity (Wildman–Crippen MR) is 85.9 cm³/mol. The Bertz CT molecular complexity index is 500. The van der Waals surface area contributed by atoms with Gasteiger partial charge in [0.2, 0.25) is 0 Å². The van der Waals surface area contributed by atoms with Gasteiger partial charge in [0.25, 0.3) is 0 Å². The van der Waals surface area contributed by atoms with Gasteiger partial charge in [-0.25, -0.2) is 0 Å². The largest absolute Gasteiger partial charge is 0.393 e. The summed E-state index contributed by atoms with van der Waals surface area (Å²) in [6.45, 7) is 4.51. The zero-order valence-electron chi connectivity index (χ0n) is 13.3. The zero-order valence-corrected chi connectivity index (χ0v) is 13.3. The average molecular weight is 288 g/mol. The van der Waals surface area contributed by atoms with Crippen LogP contribution in [0.1, 0.15) is 58.8 Å². The van der Waals surface area contributed by atoms with Gasteiger partial charge in [-0.05, 0) is 67.9 Å². The molecule has 3 aliphatic carbocycles. The van der Waals surface area contributed by atoms with Crippen molar-refractivity contribution in [2.75, 3.05) is 0 Å². The summed E-state index contributed by atoms with van der Waals surface area (Å²) in [5.41, 5.74) is 4.29. The van der Waals surface area contributed by atoms with Crippen LogP contribution in [0, 0.1) is 11.3 Å². The smallest absolute Gasteiger partial charge is 0.0732 e. The fraction of sp³-hybridized carbons (Fsp3) is 0.684. The van der Waals surface area contributed by atoms with Gasteiger partial charge in [-0.2, -0.15) is 0 Å². The Hall–Kier alpha value is -0.860. The number of aliphatic hydroxyl groups is 2. The molecule has 21 heavy (non-hydrogen) atoms. The molecule has 0 aromatic carbocycles. The third-order valence-corrected chi connectivity index (χ3v) is 5.88. The van der Waals surface area contributed by atoms with Gasteiger partial charge in [0.1, 0.15) is 0 Å². The minimum absolute atomic E-state index is 0.184. The van der Waals surface area contributed by atoms with Crippen LogP contribution < -0.4 is 0 Å². The molecule has 0 saturated heterocycles. The molecule has 0 aliphatic heterocycles. The molecule has 0 amide bonds. The molecule has 0 aromatic heterocycles. The van der Waals surface area contributed by atoms with E-state index >= 15 is 0 Å². The summed E-state index contributed by atoms with van der Waals surface area (Å²) in [5, 5.41) is 20.0. The second kappa shape index (κ2) is 5.73. The van der Waals surface area contributed by atoms with Gasteiger partial charge in [-0.1, -0.05) is 37.1 Å². The molecule has 0 heterocycles. The molecule has 4 atom stereocenters. The Labute approximate surface area is 128 Å². The number of fused-ring (bicyclic) bond motifs is 1. The first-order valence-electron chi connectivity index (χ1n) is 8.42. The second-order valence-electron chi connectivity index (χ2n) is 7.57. The van der Waals surface area contributed by atoms with Crippen molar-refractivity contribution < 1.29 is 10.2 Å². The van der Waals surface area contributed by atoms with Crippen molar-refractivity contribution in [2.24, 2.45) is 11.3 Å². The minimum atomic E-state index is -0.295. The Balaban J connectivity index is 1.81. The molecule has 2 nitrogen and oxygen atoms in total. The number of aliphatic hydroxyl groups excluding tert-OH is 2. The predicted octanol–water partition coefficient (Wildman–Crippen LogP) is 3.90. The monoisotopic (exact) mass is 288 g/mol. The van der Waals surface area contributed by atoms with E-state index in [2.05, 4.69) is 32.1 Å². The molecule has 0 spiro atoms. The Morgan fingerprint density at radius 1 is 1.24 bits per heavy atom. The summed E-state index contributed by atoms with van der Waals surface area (Å²) in [5.74, 6) is 0.603. The van der Waals surface area contributed by atoms with Gasteiger partial charge in [0.05, 0.1) is 12.2 Å². The van der Waals surface area contributed by atoms with Crippen molar-refractivity contribution in [2.45, 2.75) is 71.0 Å². The maximum atomic E-state index is 10.2. The van der Waals surface area contributed by atoms with E-state index < -0.39 is 0 Å². The molecule has 0 aromatic rings. The first-order chi connectivity index (χ1) is 9.98. The van der Waals surface area contributed by atoms with E-state index in [0.717, 1.165) is 25.7 Å². The van der Waals surface area contributed by atoms with Crippen LogP contribution in [0.3, 0.4) is 0 Å². The summed E-state index contributed by atoms with van der Waals surface area (Å²) >= 11 is 0. The van der Waals surface area contributed by atoms with Gasteiger partial charge in [-0.3, -0.25) is 0 Å². The molecular weight excluding hydrogens is 260 g/mol. The molecule has 2 heteroatoms. The number of hydrogen-bond donors (Lipinski definition) is 2. The van der Waals surface area contributed by atoms with Gasteiger partial charge in [-0.15, -0.1) is 0 Å². The van der Waals surface area contributed by atoms with E-state index in [-0.39, 0.29) is 17.6 Å². The number of rotatable bonds is 2. The third kappa shape index (κ3) is 3.02. The number of allylic oxidation sites excluding steroid dienone is 4. The molecule has 1 fully saturated rings. The van der Waals surface area contributed by atoms with Crippen molar-refractivity contribution in [3.05, 3.63) is 34.9 Å². The lowest BCUT2D eigenvalue weighted by atomic mass is 9.68. The maximum Gasteiger partial charge on any atom is 0.0732 e. The lowest BCUT2D eigenvalue weighted by Crippen LogP contribution is -2.32. The molecule has 116 valence electrons. The molecule has 0 radical (unpaired) electrons. The van der Waals surface area contributed by atoms with Crippen LogP contribution in [-0.2, 0) is 0 Å². The van der Waals surface area contributed by atoms with Crippen molar-refractivity contribution in [1.29, 1.82) is 0 Å². The molecular formula is C19H28O2. The Morgan fingerprint density at radius 2 is 2.05 bits per heavy atom. The quantitative estimate of drug-likeness (QED) is 0.809. The lowest BCUT2D eigenvalue weighted by Gasteiger charge is -2.38. The van der Waals surface area contributed by atoms with Crippen molar-refractivity contribution in [1.82, 2.24) is 0 Å². The first-order valence-corrected chi connectivity index (χ1v) is 8.42. The summed E-state index contributed by atoms with van der Waals surface area (Å²) in [6, 6.07) is 0. The van der Waals surface area contributed by atoms with Crippen LogP contribution in [0.25, 0.3) is 0 Å². The molecule has 3 rings (SSSR count). The van der Waals surface area contributed by atoms with Gasteiger partial charge in [0, 0.05) is 0 Å². The molecule has 3 aliphatic rings. The van der Waals surface area contributed by atoms with Gasteiger partial charge < -0.3 is 10.2 Å². The average Bonchev–Trinajstić information content (AvgIpc) is 2.80. The van der Waals surface area contributed by atoms with Crippen LogP contribution in [0.2, 0.25) is 0 Å². The van der Waals surface area contributed by atoms with Crippen LogP contribution in [0.5, 0.6) is 0 Å². The fourth-order valence-corrected chi connectivity index (χ4v) is 4.57. The normalized spacial score (nSPS) is 40.6. The van der Waals surface area contributed by atoms with Crippen molar-refractivity contribution >= 4 is 0 Å². The lowest BCUT2D eigenvalue weighted by molar-refractivity contribution is 0.108. The van der Waals surface area contributed by atoms with Crippen LogP contribution >= 0.6 is 0 Å². The van der Waals surface area contributed by atoms with Crippen LogP contribution in [0.4, 0.5) is 0 Å². The first kappa shape index (κ1) is 15.1. The SMILES string of the molecule is CC1=C(/C=C/C2=C[C@@H](O)C[C@]3(C)CCC[C@@H]23)C[C@H](O)CC1. The van der Waals surface area contributed by atoms with E-state index in [9.17, 15) is 10.2 Å². The third-order valence-electron chi connectivity index (χ3n) is 5.88.